The van der Waals surface area contributed by atoms with Crippen LogP contribution in [-0.4, -0.2) is 12.2 Å². The number of aromatic hydroxyl groups is 1. The average Bonchev–Trinajstić information content (AvgIpc) is 2.39. The number of rotatable bonds is 3. The van der Waals surface area contributed by atoms with Crippen molar-refractivity contribution in [2.24, 2.45) is 0 Å². The third-order valence-corrected chi connectivity index (χ3v) is 3.06. The Kier molecular flexibility index (Phi) is 3.56. The molecule has 2 aromatic rings. The van der Waals surface area contributed by atoms with E-state index in [9.17, 15) is 5.11 Å². The maximum absolute atomic E-state index is 10.1. The van der Waals surface area contributed by atoms with Gasteiger partial charge in [-0.05, 0) is 23.6 Å². The molecular formula is C16H18O2. The third kappa shape index (κ3) is 2.33. The van der Waals surface area contributed by atoms with Crippen LogP contribution >= 0.6 is 0 Å². The van der Waals surface area contributed by atoms with Gasteiger partial charge in [-0.3, -0.25) is 0 Å². The van der Waals surface area contributed by atoms with E-state index in [0.717, 1.165) is 22.4 Å². The Hall–Kier alpha value is -1.96. The lowest BCUT2D eigenvalue weighted by Gasteiger charge is -2.14. The number of ether oxygens (including phenoxy) is 1. The van der Waals surface area contributed by atoms with E-state index in [1.165, 1.54) is 0 Å². The third-order valence-electron chi connectivity index (χ3n) is 3.06. The summed E-state index contributed by atoms with van der Waals surface area (Å²) < 4.78 is 5.43. The molecule has 0 spiro atoms. The summed E-state index contributed by atoms with van der Waals surface area (Å²) in [6, 6.07) is 13.6. The number of methoxy groups -OCH3 is 1. The first kappa shape index (κ1) is 12.5. The molecule has 1 N–H and O–H groups in total. The van der Waals surface area contributed by atoms with Crippen molar-refractivity contribution >= 4 is 0 Å². The molecule has 18 heavy (non-hydrogen) atoms. The van der Waals surface area contributed by atoms with Gasteiger partial charge in [-0.25, -0.2) is 0 Å². The molecule has 2 heteroatoms. The lowest BCUT2D eigenvalue weighted by atomic mass is 9.96. The van der Waals surface area contributed by atoms with E-state index in [4.69, 9.17) is 4.74 Å². The zero-order valence-electron chi connectivity index (χ0n) is 11.0. The standard InChI is InChI=1S/C16H18O2/c1-11(2)13-10-16(18-3)14(9-15(13)17)12-7-5-4-6-8-12/h4-11,17H,1-3H3. The predicted molar refractivity (Wildman–Crippen MR) is 74.2 cm³/mol. The summed E-state index contributed by atoms with van der Waals surface area (Å²) >= 11 is 0. The number of phenols is 1. The minimum absolute atomic E-state index is 0.267. The summed E-state index contributed by atoms with van der Waals surface area (Å²) in [7, 11) is 1.66. The van der Waals surface area contributed by atoms with Gasteiger partial charge in [0, 0.05) is 11.1 Å². The van der Waals surface area contributed by atoms with Gasteiger partial charge >= 0.3 is 0 Å². The maximum Gasteiger partial charge on any atom is 0.127 e. The second-order valence-electron chi connectivity index (χ2n) is 4.63. The summed E-state index contributed by atoms with van der Waals surface area (Å²) in [5.74, 6) is 1.39. The fourth-order valence-electron chi connectivity index (χ4n) is 2.06. The zero-order chi connectivity index (χ0) is 13.1. The van der Waals surface area contributed by atoms with Crippen molar-refractivity contribution in [3.63, 3.8) is 0 Å². The van der Waals surface area contributed by atoms with E-state index < -0.39 is 0 Å². The highest BCUT2D eigenvalue weighted by Gasteiger charge is 2.13. The van der Waals surface area contributed by atoms with Gasteiger partial charge in [0.2, 0.25) is 0 Å². The van der Waals surface area contributed by atoms with E-state index >= 15 is 0 Å². The summed E-state index contributed by atoms with van der Waals surface area (Å²) in [5, 5.41) is 10.1. The summed E-state index contributed by atoms with van der Waals surface area (Å²) in [5.41, 5.74) is 2.87. The Morgan fingerprint density at radius 1 is 1.06 bits per heavy atom. The monoisotopic (exact) mass is 242 g/mol. The largest absolute Gasteiger partial charge is 0.508 e. The molecule has 0 radical (unpaired) electrons. The number of hydrogen-bond donors (Lipinski definition) is 1. The molecule has 2 nitrogen and oxygen atoms in total. The second kappa shape index (κ2) is 5.13. The summed E-state index contributed by atoms with van der Waals surface area (Å²) in [6.07, 6.45) is 0. The van der Waals surface area contributed by atoms with Crippen LogP contribution < -0.4 is 4.74 Å². The van der Waals surface area contributed by atoms with Crippen LogP contribution in [0.2, 0.25) is 0 Å². The average molecular weight is 242 g/mol. The van der Waals surface area contributed by atoms with Crippen LogP contribution in [0, 0.1) is 0 Å². The quantitative estimate of drug-likeness (QED) is 0.874. The minimum Gasteiger partial charge on any atom is -0.508 e. The van der Waals surface area contributed by atoms with Gasteiger partial charge in [-0.15, -0.1) is 0 Å². The Balaban J connectivity index is 2.58. The molecule has 0 unspecified atom stereocenters. The molecule has 2 aromatic carbocycles. The van der Waals surface area contributed by atoms with Gasteiger partial charge in [0.05, 0.1) is 7.11 Å². The van der Waals surface area contributed by atoms with Gasteiger partial charge in [0.15, 0.2) is 0 Å². The van der Waals surface area contributed by atoms with Crippen molar-refractivity contribution in [3.8, 4) is 22.6 Å². The van der Waals surface area contributed by atoms with Gasteiger partial charge in [-0.1, -0.05) is 44.2 Å². The van der Waals surface area contributed by atoms with E-state index in [1.54, 1.807) is 13.2 Å². The highest BCUT2D eigenvalue weighted by atomic mass is 16.5. The van der Waals surface area contributed by atoms with Crippen LogP contribution in [-0.2, 0) is 0 Å². The van der Waals surface area contributed by atoms with Crippen LogP contribution in [0.15, 0.2) is 42.5 Å². The van der Waals surface area contributed by atoms with Gasteiger partial charge in [-0.2, -0.15) is 0 Å². The topological polar surface area (TPSA) is 29.5 Å². The van der Waals surface area contributed by atoms with Gasteiger partial charge in [0.25, 0.3) is 0 Å². The van der Waals surface area contributed by atoms with E-state index in [2.05, 4.69) is 13.8 Å². The van der Waals surface area contributed by atoms with Crippen LogP contribution in [0.4, 0.5) is 0 Å². The molecule has 0 bridgehead atoms. The molecular weight excluding hydrogens is 224 g/mol. The molecule has 0 heterocycles. The lowest BCUT2D eigenvalue weighted by molar-refractivity contribution is 0.412. The van der Waals surface area contributed by atoms with Crippen LogP contribution in [0.3, 0.4) is 0 Å². The number of benzene rings is 2. The van der Waals surface area contributed by atoms with Crippen LogP contribution in [0.25, 0.3) is 11.1 Å². The second-order valence-corrected chi connectivity index (χ2v) is 4.63. The molecule has 94 valence electrons. The molecule has 0 atom stereocenters. The van der Waals surface area contributed by atoms with Gasteiger partial charge < -0.3 is 9.84 Å². The van der Waals surface area contributed by atoms with E-state index in [1.807, 2.05) is 36.4 Å². The highest BCUT2D eigenvalue weighted by molar-refractivity contribution is 5.73. The Morgan fingerprint density at radius 3 is 2.28 bits per heavy atom. The first-order valence-electron chi connectivity index (χ1n) is 6.09. The predicted octanol–water partition coefficient (Wildman–Crippen LogP) is 4.19. The minimum atomic E-state index is 0.267. The van der Waals surface area contributed by atoms with Crippen molar-refractivity contribution < 1.29 is 9.84 Å². The van der Waals surface area contributed by atoms with Crippen LogP contribution in [0.1, 0.15) is 25.3 Å². The van der Waals surface area contributed by atoms with Crippen molar-refractivity contribution in [3.05, 3.63) is 48.0 Å². The molecule has 0 aromatic heterocycles. The number of hydrogen-bond acceptors (Lipinski definition) is 2. The molecule has 2 rings (SSSR count). The van der Waals surface area contributed by atoms with Crippen LogP contribution in [0.5, 0.6) is 11.5 Å². The van der Waals surface area contributed by atoms with Crippen molar-refractivity contribution in [2.75, 3.05) is 7.11 Å². The number of phenolic OH excluding ortho intramolecular Hbond substituents is 1. The van der Waals surface area contributed by atoms with Crippen molar-refractivity contribution in [1.82, 2.24) is 0 Å². The Labute approximate surface area is 108 Å². The van der Waals surface area contributed by atoms with Crippen molar-refractivity contribution in [1.29, 1.82) is 0 Å². The highest BCUT2D eigenvalue weighted by Crippen LogP contribution is 2.38. The van der Waals surface area contributed by atoms with Crippen molar-refractivity contribution in [2.45, 2.75) is 19.8 Å². The van der Waals surface area contributed by atoms with E-state index in [0.29, 0.717) is 5.75 Å². The van der Waals surface area contributed by atoms with Gasteiger partial charge in [0.1, 0.15) is 11.5 Å². The fourth-order valence-corrected chi connectivity index (χ4v) is 2.06. The lowest BCUT2D eigenvalue weighted by Crippen LogP contribution is -1.94. The molecule has 0 aliphatic carbocycles. The summed E-state index contributed by atoms with van der Waals surface area (Å²) in [6.45, 7) is 4.10. The first-order chi connectivity index (χ1) is 8.63. The molecule has 0 amide bonds. The SMILES string of the molecule is COc1cc(C(C)C)c(O)cc1-c1ccccc1. The summed E-state index contributed by atoms with van der Waals surface area (Å²) in [4.78, 5) is 0. The Morgan fingerprint density at radius 2 is 1.72 bits per heavy atom. The molecule has 0 saturated heterocycles. The Bertz CT molecular complexity index is 530. The molecule has 0 saturated carbocycles. The molecule has 0 aliphatic heterocycles. The normalized spacial score (nSPS) is 10.7. The zero-order valence-corrected chi connectivity index (χ0v) is 11.0. The first-order valence-corrected chi connectivity index (χ1v) is 6.09. The smallest absolute Gasteiger partial charge is 0.127 e. The molecule has 0 fully saturated rings. The van der Waals surface area contributed by atoms with E-state index in [-0.39, 0.29) is 5.92 Å². The fraction of sp³-hybridized carbons (Fsp3) is 0.250. The molecule has 0 aliphatic rings. The maximum atomic E-state index is 10.1.